The van der Waals surface area contributed by atoms with Gasteiger partial charge in [0.15, 0.2) is 5.60 Å². The van der Waals surface area contributed by atoms with Crippen molar-refractivity contribution in [2.45, 2.75) is 30.8 Å². The lowest BCUT2D eigenvalue weighted by atomic mass is 9.87. The number of ether oxygens (including phenoxy) is 1. The smallest absolute Gasteiger partial charge is 0.339 e. The molecular weight excluding hydrogens is 294 g/mol. The Morgan fingerprint density at radius 3 is 2.55 bits per heavy atom. The van der Waals surface area contributed by atoms with Crippen LogP contribution in [0.5, 0.6) is 0 Å². The normalized spacial score (nSPS) is 27.5. The Balaban J connectivity index is 1.97. The topological polar surface area (TPSA) is 130 Å². The van der Waals surface area contributed by atoms with Crippen LogP contribution in [0.2, 0.25) is 0 Å². The van der Waals surface area contributed by atoms with Crippen molar-refractivity contribution in [3.63, 3.8) is 0 Å². The molecule has 0 spiro atoms. The third-order valence-electron chi connectivity index (χ3n) is 3.42. The zero-order chi connectivity index (χ0) is 16.3. The van der Waals surface area contributed by atoms with Gasteiger partial charge in [-0.05, 0) is 23.8 Å². The van der Waals surface area contributed by atoms with E-state index in [0.717, 1.165) is 6.08 Å². The van der Waals surface area contributed by atoms with Crippen molar-refractivity contribution in [3.05, 3.63) is 52.1 Å². The number of non-ortho nitro benzene ring substituents is 1. The van der Waals surface area contributed by atoms with E-state index in [4.69, 9.17) is 9.84 Å². The average Bonchev–Trinajstić information content (AvgIpc) is 2.46. The SMILES string of the molecule is O=C(O)[C@]1(O)C=C[C@@H](OCc2ccc([N+](=O)[O-])cc2)[C@H](O)C1. The Morgan fingerprint density at radius 2 is 2.05 bits per heavy atom. The first-order chi connectivity index (χ1) is 10.3. The van der Waals surface area contributed by atoms with Gasteiger partial charge in [0.2, 0.25) is 0 Å². The molecule has 0 aromatic heterocycles. The van der Waals surface area contributed by atoms with Crippen LogP contribution < -0.4 is 0 Å². The molecular formula is C14H15NO7. The maximum Gasteiger partial charge on any atom is 0.339 e. The minimum Gasteiger partial charge on any atom is -0.479 e. The van der Waals surface area contributed by atoms with E-state index in [-0.39, 0.29) is 18.7 Å². The van der Waals surface area contributed by atoms with E-state index in [2.05, 4.69) is 0 Å². The molecule has 2 rings (SSSR count). The van der Waals surface area contributed by atoms with Crippen LogP contribution in [-0.4, -0.2) is 44.0 Å². The fourth-order valence-electron chi connectivity index (χ4n) is 2.12. The molecule has 3 atom stereocenters. The number of aliphatic hydroxyl groups is 2. The van der Waals surface area contributed by atoms with Gasteiger partial charge in [-0.15, -0.1) is 0 Å². The number of aliphatic hydroxyl groups excluding tert-OH is 1. The molecule has 0 bridgehead atoms. The summed E-state index contributed by atoms with van der Waals surface area (Å²) in [6.45, 7) is 0.0928. The largest absolute Gasteiger partial charge is 0.479 e. The highest BCUT2D eigenvalue weighted by Crippen LogP contribution is 2.25. The van der Waals surface area contributed by atoms with Crippen molar-refractivity contribution in [1.82, 2.24) is 0 Å². The van der Waals surface area contributed by atoms with Gasteiger partial charge in [0, 0.05) is 18.6 Å². The summed E-state index contributed by atoms with van der Waals surface area (Å²) in [7, 11) is 0. The number of nitrogens with zero attached hydrogens (tertiary/aromatic N) is 1. The van der Waals surface area contributed by atoms with E-state index in [1.54, 1.807) is 0 Å². The number of carbonyl (C=O) groups is 1. The number of carboxylic acids is 1. The first-order valence-electron chi connectivity index (χ1n) is 6.50. The van der Waals surface area contributed by atoms with E-state index >= 15 is 0 Å². The van der Waals surface area contributed by atoms with Crippen LogP contribution in [-0.2, 0) is 16.1 Å². The third kappa shape index (κ3) is 3.48. The minimum atomic E-state index is -2.09. The molecule has 8 nitrogen and oxygen atoms in total. The second-order valence-corrected chi connectivity index (χ2v) is 5.06. The number of rotatable bonds is 5. The Labute approximate surface area is 125 Å². The van der Waals surface area contributed by atoms with Crippen molar-refractivity contribution in [3.8, 4) is 0 Å². The molecule has 0 aliphatic heterocycles. The summed E-state index contributed by atoms with van der Waals surface area (Å²) in [6, 6.07) is 5.75. The van der Waals surface area contributed by atoms with Gasteiger partial charge < -0.3 is 20.1 Å². The molecule has 0 heterocycles. The van der Waals surface area contributed by atoms with Gasteiger partial charge in [0.05, 0.1) is 17.6 Å². The molecule has 0 radical (unpaired) electrons. The third-order valence-corrected chi connectivity index (χ3v) is 3.42. The lowest BCUT2D eigenvalue weighted by molar-refractivity contribution is -0.384. The van der Waals surface area contributed by atoms with E-state index in [0.29, 0.717) is 5.56 Å². The number of benzene rings is 1. The molecule has 0 unspecified atom stereocenters. The van der Waals surface area contributed by atoms with Crippen LogP contribution in [0.1, 0.15) is 12.0 Å². The number of hydrogen-bond acceptors (Lipinski definition) is 6. The van der Waals surface area contributed by atoms with E-state index in [9.17, 15) is 25.1 Å². The molecule has 8 heteroatoms. The summed E-state index contributed by atoms with van der Waals surface area (Å²) in [5.74, 6) is -1.43. The molecule has 1 aliphatic rings. The van der Waals surface area contributed by atoms with Crippen molar-refractivity contribution < 1.29 is 29.8 Å². The zero-order valence-electron chi connectivity index (χ0n) is 11.5. The maximum absolute atomic E-state index is 10.9. The Kier molecular flexibility index (Phi) is 4.55. The Hall–Kier alpha value is -2.29. The standard InChI is InChI=1S/C14H15NO7/c16-11-7-14(19,13(17)18)6-5-12(11)22-8-9-1-3-10(4-2-9)15(20)21/h1-6,11-12,16,19H,7-8H2,(H,17,18)/t11-,12-,14+/m1/s1. The summed E-state index contributed by atoms with van der Waals surface area (Å²) >= 11 is 0. The zero-order valence-corrected chi connectivity index (χ0v) is 11.5. The van der Waals surface area contributed by atoms with Gasteiger partial charge in [-0.2, -0.15) is 0 Å². The highest BCUT2D eigenvalue weighted by molar-refractivity contribution is 5.80. The predicted octanol–water partition coefficient (Wildman–Crippen LogP) is 0.616. The molecule has 22 heavy (non-hydrogen) atoms. The number of aliphatic carboxylic acids is 1. The summed E-state index contributed by atoms with van der Waals surface area (Å²) in [5.41, 5.74) is -1.45. The fourth-order valence-corrected chi connectivity index (χ4v) is 2.12. The number of nitro benzene ring substituents is 1. The van der Waals surface area contributed by atoms with E-state index in [1.165, 1.54) is 30.3 Å². The maximum atomic E-state index is 10.9. The molecule has 3 N–H and O–H groups in total. The molecule has 0 fully saturated rings. The number of carboxylic acid groups (broad SMARTS) is 1. The van der Waals surface area contributed by atoms with Crippen LogP contribution in [0.4, 0.5) is 5.69 Å². The molecule has 1 aliphatic carbocycles. The highest BCUT2D eigenvalue weighted by atomic mass is 16.6. The monoisotopic (exact) mass is 309 g/mol. The fraction of sp³-hybridized carbons (Fsp3) is 0.357. The Morgan fingerprint density at radius 1 is 1.41 bits per heavy atom. The number of hydrogen-bond donors (Lipinski definition) is 3. The van der Waals surface area contributed by atoms with Crippen LogP contribution in [0.15, 0.2) is 36.4 Å². The van der Waals surface area contributed by atoms with Crippen LogP contribution in [0, 0.1) is 10.1 Å². The first-order valence-corrected chi connectivity index (χ1v) is 6.50. The lowest BCUT2D eigenvalue weighted by Crippen LogP contribution is -2.46. The van der Waals surface area contributed by atoms with Gasteiger partial charge >= 0.3 is 5.97 Å². The summed E-state index contributed by atoms with van der Waals surface area (Å²) < 4.78 is 5.44. The summed E-state index contributed by atoms with van der Waals surface area (Å²) in [4.78, 5) is 20.9. The molecule has 118 valence electrons. The Bertz CT molecular complexity index is 598. The van der Waals surface area contributed by atoms with Crippen LogP contribution in [0.3, 0.4) is 0 Å². The van der Waals surface area contributed by atoms with E-state index in [1.807, 2.05) is 0 Å². The predicted molar refractivity (Wildman–Crippen MR) is 74.0 cm³/mol. The molecule has 0 saturated carbocycles. The molecule has 1 aromatic carbocycles. The van der Waals surface area contributed by atoms with Crippen molar-refractivity contribution >= 4 is 11.7 Å². The van der Waals surface area contributed by atoms with Gasteiger partial charge in [0.25, 0.3) is 5.69 Å². The van der Waals surface area contributed by atoms with Gasteiger partial charge in [0.1, 0.15) is 6.10 Å². The highest BCUT2D eigenvalue weighted by Gasteiger charge is 2.41. The van der Waals surface area contributed by atoms with Crippen molar-refractivity contribution in [2.24, 2.45) is 0 Å². The average molecular weight is 309 g/mol. The quantitative estimate of drug-likeness (QED) is 0.413. The summed E-state index contributed by atoms with van der Waals surface area (Å²) in [5, 5.41) is 39.0. The van der Waals surface area contributed by atoms with Gasteiger partial charge in [-0.25, -0.2) is 4.79 Å². The van der Waals surface area contributed by atoms with Gasteiger partial charge in [-0.3, -0.25) is 10.1 Å². The second-order valence-electron chi connectivity index (χ2n) is 5.06. The minimum absolute atomic E-state index is 0.0344. The van der Waals surface area contributed by atoms with E-state index < -0.39 is 28.7 Å². The van der Waals surface area contributed by atoms with Crippen molar-refractivity contribution in [1.29, 1.82) is 0 Å². The molecule has 0 saturated heterocycles. The first kappa shape index (κ1) is 16.1. The molecule has 0 amide bonds. The second kappa shape index (κ2) is 6.22. The van der Waals surface area contributed by atoms with Crippen LogP contribution >= 0.6 is 0 Å². The summed E-state index contributed by atoms with van der Waals surface area (Å²) in [6.07, 6.45) is 0.0963. The van der Waals surface area contributed by atoms with Gasteiger partial charge in [-0.1, -0.05) is 6.08 Å². The van der Waals surface area contributed by atoms with Crippen molar-refractivity contribution in [2.75, 3.05) is 0 Å². The lowest BCUT2D eigenvalue weighted by Gasteiger charge is -2.31. The molecule has 1 aromatic rings. The number of nitro groups is 1. The van der Waals surface area contributed by atoms with Crippen LogP contribution in [0.25, 0.3) is 0 Å².